The van der Waals surface area contributed by atoms with Crippen LogP contribution in [-0.2, 0) is 9.53 Å². The summed E-state index contributed by atoms with van der Waals surface area (Å²) < 4.78 is 5.08. The summed E-state index contributed by atoms with van der Waals surface area (Å²) in [5, 5.41) is 8.48. The molecule has 1 atom stereocenters. The van der Waals surface area contributed by atoms with Crippen LogP contribution in [0.2, 0.25) is 0 Å². The molecule has 98 valence electrons. The summed E-state index contributed by atoms with van der Waals surface area (Å²) >= 11 is 0. The van der Waals surface area contributed by atoms with Gasteiger partial charge in [-0.25, -0.2) is 4.79 Å². The number of nitrogens with one attached hydrogen (secondary N) is 3. The lowest BCUT2D eigenvalue weighted by atomic mass is 10.1. The Labute approximate surface area is 101 Å². The molecule has 3 N–H and O–H groups in total. The molecule has 6 heteroatoms. The fourth-order valence-corrected chi connectivity index (χ4v) is 1.51. The molecule has 0 spiro atoms. The zero-order chi connectivity index (χ0) is 12.9. The van der Waals surface area contributed by atoms with Crippen LogP contribution in [0.3, 0.4) is 0 Å². The fraction of sp³-hybridized carbons (Fsp3) is 0.818. The molecule has 1 heterocycles. The maximum absolute atomic E-state index is 11.4. The van der Waals surface area contributed by atoms with Crippen LogP contribution >= 0.6 is 0 Å². The highest BCUT2D eigenvalue weighted by atomic mass is 16.6. The fourth-order valence-electron chi connectivity index (χ4n) is 1.51. The Morgan fingerprint density at radius 1 is 1.47 bits per heavy atom. The Kier molecular flexibility index (Phi) is 4.74. The zero-order valence-electron chi connectivity index (χ0n) is 10.6. The van der Waals surface area contributed by atoms with E-state index in [1.807, 2.05) is 20.8 Å². The van der Waals surface area contributed by atoms with Crippen LogP contribution < -0.4 is 16.0 Å². The van der Waals surface area contributed by atoms with Crippen molar-refractivity contribution in [1.29, 1.82) is 0 Å². The molecule has 1 fully saturated rings. The van der Waals surface area contributed by atoms with Gasteiger partial charge in [-0.05, 0) is 27.2 Å². The third-order valence-electron chi connectivity index (χ3n) is 2.23. The lowest BCUT2D eigenvalue weighted by Gasteiger charge is -2.24. The summed E-state index contributed by atoms with van der Waals surface area (Å²) in [6.07, 6.45) is 0.110. The first-order chi connectivity index (χ1) is 7.88. The van der Waals surface area contributed by atoms with Crippen molar-refractivity contribution in [3.8, 4) is 0 Å². The van der Waals surface area contributed by atoms with Gasteiger partial charge in [0, 0.05) is 19.6 Å². The summed E-state index contributed by atoms with van der Waals surface area (Å²) in [6, 6.07) is -0.223. The number of alkyl carbamates (subject to hydrolysis) is 1. The van der Waals surface area contributed by atoms with E-state index in [0.29, 0.717) is 19.5 Å². The number of ether oxygens (including phenoxy) is 1. The molecular weight excluding hydrogens is 222 g/mol. The van der Waals surface area contributed by atoms with E-state index < -0.39 is 11.7 Å². The summed E-state index contributed by atoms with van der Waals surface area (Å²) in [6.45, 7) is 7.27. The number of piperazine rings is 1. The first kappa shape index (κ1) is 13.8. The van der Waals surface area contributed by atoms with Crippen LogP contribution in [0.5, 0.6) is 0 Å². The molecule has 17 heavy (non-hydrogen) atoms. The van der Waals surface area contributed by atoms with Gasteiger partial charge in [0.1, 0.15) is 5.60 Å². The van der Waals surface area contributed by atoms with Crippen LogP contribution in [0.25, 0.3) is 0 Å². The molecule has 0 aromatic rings. The second kappa shape index (κ2) is 5.86. The second-order valence-corrected chi connectivity index (χ2v) is 5.02. The van der Waals surface area contributed by atoms with Gasteiger partial charge < -0.3 is 20.7 Å². The summed E-state index contributed by atoms with van der Waals surface area (Å²) in [4.78, 5) is 22.7. The third-order valence-corrected chi connectivity index (χ3v) is 2.23. The van der Waals surface area contributed by atoms with Crippen LogP contribution in [0, 0.1) is 0 Å². The lowest BCUT2D eigenvalue weighted by molar-refractivity contribution is -0.124. The van der Waals surface area contributed by atoms with Crippen molar-refractivity contribution in [3.05, 3.63) is 0 Å². The first-order valence-electron chi connectivity index (χ1n) is 5.86. The highest BCUT2D eigenvalue weighted by Gasteiger charge is 2.21. The van der Waals surface area contributed by atoms with Crippen LogP contribution in [0.1, 0.15) is 27.2 Å². The molecule has 0 aliphatic carbocycles. The van der Waals surface area contributed by atoms with Crippen molar-refractivity contribution in [2.75, 3.05) is 19.6 Å². The van der Waals surface area contributed by atoms with Crippen molar-refractivity contribution in [2.45, 2.75) is 38.8 Å². The molecule has 0 radical (unpaired) electrons. The largest absolute Gasteiger partial charge is 0.444 e. The Hall–Kier alpha value is -1.30. The van der Waals surface area contributed by atoms with Crippen molar-refractivity contribution >= 4 is 12.0 Å². The summed E-state index contributed by atoms with van der Waals surface area (Å²) in [5.41, 5.74) is -0.495. The topological polar surface area (TPSA) is 79.5 Å². The predicted molar refractivity (Wildman–Crippen MR) is 63.7 cm³/mol. The average Bonchev–Trinajstić information content (AvgIpc) is 2.18. The molecule has 1 unspecified atom stereocenters. The predicted octanol–water partition coefficient (Wildman–Crippen LogP) is -0.0108. The van der Waals surface area contributed by atoms with Crippen molar-refractivity contribution in [2.24, 2.45) is 0 Å². The van der Waals surface area contributed by atoms with Gasteiger partial charge in [0.05, 0.1) is 6.04 Å². The molecule has 1 aliphatic heterocycles. The van der Waals surface area contributed by atoms with Gasteiger partial charge in [0.25, 0.3) is 0 Å². The van der Waals surface area contributed by atoms with Crippen molar-refractivity contribution in [1.82, 2.24) is 16.0 Å². The smallest absolute Gasteiger partial charge is 0.407 e. The molecule has 1 rings (SSSR count). The first-order valence-corrected chi connectivity index (χ1v) is 5.86. The molecule has 6 nitrogen and oxygen atoms in total. The molecule has 0 aromatic carbocycles. The highest BCUT2D eigenvalue weighted by molar-refractivity contribution is 5.82. The average molecular weight is 243 g/mol. The van der Waals surface area contributed by atoms with Crippen LogP contribution in [0.15, 0.2) is 0 Å². The van der Waals surface area contributed by atoms with Crippen LogP contribution in [-0.4, -0.2) is 43.3 Å². The zero-order valence-corrected chi connectivity index (χ0v) is 10.6. The van der Waals surface area contributed by atoms with E-state index in [4.69, 9.17) is 4.74 Å². The van der Waals surface area contributed by atoms with E-state index in [-0.39, 0.29) is 11.9 Å². The summed E-state index contributed by atoms with van der Waals surface area (Å²) in [7, 11) is 0. The molecule has 1 saturated heterocycles. The second-order valence-electron chi connectivity index (χ2n) is 5.02. The van der Waals surface area contributed by atoms with E-state index in [1.165, 1.54) is 0 Å². The number of rotatable bonds is 3. The molecule has 0 aromatic heterocycles. The van der Waals surface area contributed by atoms with E-state index >= 15 is 0 Å². The minimum atomic E-state index is -0.495. The van der Waals surface area contributed by atoms with Gasteiger partial charge in [0.15, 0.2) is 0 Å². The SMILES string of the molecule is CC(C)(C)OC(=O)NCCC1NCCNC1=O. The molecule has 2 amide bonds. The lowest BCUT2D eigenvalue weighted by Crippen LogP contribution is -2.53. The van der Waals surface area contributed by atoms with Gasteiger partial charge in [-0.3, -0.25) is 4.79 Å². The maximum Gasteiger partial charge on any atom is 0.407 e. The maximum atomic E-state index is 11.4. The Balaban J connectivity index is 2.19. The molecule has 0 bridgehead atoms. The minimum Gasteiger partial charge on any atom is -0.444 e. The van der Waals surface area contributed by atoms with Gasteiger partial charge in [-0.15, -0.1) is 0 Å². The normalized spacial score (nSPS) is 20.6. The van der Waals surface area contributed by atoms with Crippen molar-refractivity contribution < 1.29 is 14.3 Å². The summed E-state index contributed by atoms with van der Waals surface area (Å²) in [5.74, 6) is -0.0118. The van der Waals surface area contributed by atoms with Gasteiger partial charge in [0.2, 0.25) is 5.91 Å². The monoisotopic (exact) mass is 243 g/mol. The number of carbonyl (C=O) groups is 2. The standard InChI is InChI=1S/C11H21N3O3/c1-11(2,3)17-10(16)14-5-4-8-9(15)13-7-6-12-8/h8,12H,4-7H2,1-3H3,(H,13,15)(H,14,16). The van der Waals surface area contributed by atoms with E-state index in [0.717, 1.165) is 6.54 Å². The quantitative estimate of drug-likeness (QED) is 0.651. The third kappa shape index (κ3) is 5.53. The number of amides is 2. The Morgan fingerprint density at radius 2 is 2.18 bits per heavy atom. The van der Waals surface area contributed by atoms with E-state index in [2.05, 4.69) is 16.0 Å². The number of hydrogen-bond donors (Lipinski definition) is 3. The van der Waals surface area contributed by atoms with Gasteiger partial charge >= 0.3 is 6.09 Å². The molecule has 1 aliphatic rings. The van der Waals surface area contributed by atoms with E-state index in [9.17, 15) is 9.59 Å². The minimum absolute atomic E-state index is 0.0118. The molecular formula is C11H21N3O3. The Morgan fingerprint density at radius 3 is 2.76 bits per heavy atom. The van der Waals surface area contributed by atoms with Gasteiger partial charge in [-0.1, -0.05) is 0 Å². The van der Waals surface area contributed by atoms with Gasteiger partial charge in [-0.2, -0.15) is 0 Å². The highest BCUT2D eigenvalue weighted by Crippen LogP contribution is 2.06. The van der Waals surface area contributed by atoms with E-state index in [1.54, 1.807) is 0 Å². The Bertz CT molecular complexity index is 286. The van der Waals surface area contributed by atoms with Crippen LogP contribution in [0.4, 0.5) is 4.79 Å². The van der Waals surface area contributed by atoms with Crippen molar-refractivity contribution in [3.63, 3.8) is 0 Å². The number of hydrogen-bond acceptors (Lipinski definition) is 4. The molecule has 0 saturated carbocycles. The number of carbonyl (C=O) groups excluding carboxylic acids is 2.